The number of rotatable bonds is 3. The molecule has 2 heteroatoms. The molecular formula is C12H22O2. The minimum atomic E-state index is -0.572. The quantitative estimate of drug-likeness (QED) is 0.755. The van der Waals surface area contributed by atoms with Gasteiger partial charge in [-0.1, -0.05) is 33.6 Å². The van der Waals surface area contributed by atoms with Gasteiger partial charge in [0.2, 0.25) is 0 Å². The highest BCUT2D eigenvalue weighted by atomic mass is 16.4. The Hall–Kier alpha value is -0.530. The zero-order valence-corrected chi connectivity index (χ0v) is 9.55. The molecule has 1 aliphatic rings. The molecule has 1 rings (SSSR count). The van der Waals surface area contributed by atoms with Gasteiger partial charge in [-0.25, -0.2) is 0 Å². The molecule has 2 nitrogen and oxygen atoms in total. The Kier molecular flexibility index (Phi) is 3.57. The fourth-order valence-electron chi connectivity index (χ4n) is 2.91. The first-order valence-corrected chi connectivity index (χ1v) is 5.70. The van der Waals surface area contributed by atoms with Crippen LogP contribution in [0.25, 0.3) is 0 Å². The molecule has 0 saturated heterocycles. The van der Waals surface area contributed by atoms with E-state index in [-0.39, 0.29) is 0 Å². The fraction of sp³-hybridized carbons (Fsp3) is 0.917. The molecule has 0 amide bonds. The molecule has 2 atom stereocenters. The number of hydrogen-bond acceptors (Lipinski definition) is 1. The summed E-state index contributed by atoms with van der Waals surface area (Å²) in [5, 5.41) is 9.36. The molecule has 0 aromatic rings. The van der Waals surface area contributed by atoms with Gasteiger partial charge < -0.3 is 5.11 Å². The highest BCUT2D eigenvalue weighted by molar-refractivity contribution is 5.74. The SMILES string of the molecule is CC(C)CC1(C(=O)O)CCCC(C)C1. The lowest BCUT2D eigenvalue weighted by Gasteiger charge is -2.37. The first-order valence-electron chi connectivity index (χ1n) is 5.70. The molecule has 2 unspecified atom stereocenters. The summed E-state index contributed by atoms with van der Waals surface area (Å²) in [4.78, 5) is 11.4. The van der Waals surface area contributed by atoms with Crippen molar-refractivity contribution in [2.45, 2.75) is 52.9 Å². The molecule has 0 spiro atoms. The van der Waals surface area contributed by atoms with E-state index in [1.807, 2.05) is 0 Å². The van der Waals surface area contributed by atoms with Crippen LogP contribution >= 0.6 is 0 Å². The summed E-state index contributed by atoms with van der Waals surface area (Å²) in [6, 6.07) is 0. The van der Waals surface area contributed by atoms with Gasteiger partial charge in [-0.15, -0.1) is 0 Å². The number of carboxylic acids is 1. The van der Waals surface area contributed by atoms with Crippen LogP contribution in [-0.4, -0.2) is 11.1 Å². The molecule has 1 saturated carbocycles. The maximum Gasteiger partial charge on any atom is 0.309 e. The molecule has 82 valence electrons. The Bertz CT molecular complexity index is 206. The van der Waals surface area contributed by atoms with Crippen molar-refractivity contribution in [1.29, 1.82) is 0 Å². The minimum Gasteiger partial charge on any atom is -0.481 e. The van der Waals surface area contributed by atoms with E-state index in [1.165, 1.54) is 6.42 Å². The Morgan fingerprint density at radius 1 is 1.57 bits per heavy atom. The lowest BCUT2D eigenvalue weighted by molar-refractivity contribution is -0.153. The van der Waals surface area contributed by atoms with Gasteiger partial charge in [0.15, 0.2) is 0 Å². The minimum absolute atomic E-state index is 0.411. The van der Waals surface area contributed by atoms with Crippen molar-refractivity contribution in [3.05, 3.63) is 0 Å². The van der Waals surface area contributed by atoms with E-state index in [2.05, 4.69) is 20.8 Å². The van der Waals surface area contributed by atoms with Gasteiger partial charge in [0.25, 0.3) is 0 Å². The fourth-order valence-corrected chi connectivity index (χ4v) is 2.91. The van der Waals surface area contributed by atoms with Gasteiger partial charge >= 0.3 is 5.97 Å². The highest BCUT2D eigenvalue weighted by Gasteiger charge is 2.41. The van der Waals surface area contributed by atoms with E-state index in [4.69, 9.17) is 0 Å². The second-order valence-corrected chi connectivity index (χ2v) is 5.38. The molecule has 1 aliphatic carbocycles. The van der Waals surface area contributed by atoms with Crippen LogP contribution in [0.1, 0.15) is 52.9 Å². The van der Waals surface area contributed by atoms with Gasteiger partial charge in [-0.3, -0.25) is 4.79 Å². The molecule has 0 heterocycles. The molecule has 0 bridgehead atoms. The predicted octanol–water partition coefficient (Wildman–Crippen LogP) is 3.31. The smallest absolute Gasteiger partial charge is 0.309 e. The van der Waals surface area contributed by atoms with Crippen LogP contribution in [-0.2, 0) is 4.79 Å². The van der Waals surface area contributed by atoms with Crippen molar-refractivity contribution in [2.24, 2.45) is 17.3 Å². The third-order valence-electron chi connectivity index (χ3n) is 3.34. The van der Waals surface area contributed by atoms with Crippen molar-refractivity contribution in [1.82, 2.24) is 0 Å². The zero-order valence-electron chi connectivity index (χ0n) is 9.55. The van der Waals surface area contributed by atoms with Crippen molar-refractivity contribution >= 4 is 5.97 Å². The Balaban J connectivity index is 2.75. The molecule has 1 N–H and O–H groups in total. The number of carbonyl (C=O) groups is 1. The van der Waals surface area contributed by atoms with Crippen LogP contribution in [0.4, 0.5) is 0 Å². The maximum absolute atomic E-state index is 11.4. The van der Waals surface area contributed by atoms with E-state index in [1.54, 1.807) is 0 Å². The van der Waals surface area contributed by atoms with Gasteiger partial charge in [0.05, 0.1) is 5.41 Å². The third kappa shape index (κ3) is 2.49. The highest BCUT2D eigenvalue weighted by Crippen LogP contribution is 2.43. The molecule has 1 fully saturated rings. The average Bonchev–Trinajstić information content (AvgIpc) is 2.02. The Morgan fingerprint density at radius 3 is 2.64 bits per heavy atom. The summed E-state index contributed by atoms with van der Waals surface area (Å²) < 4.78 is 0. The van der Waals surface area contributed by atoms with E-state index in [9.17, 15) is 9.90 Å². The van der Waals surface area contributed by atoms with Crippen LogP contribution in [0.3, 0.4) is 0 Å². The van der Waals surface area contributed by atoms with Crippen molar-refractivity contribution in [3.63, 3.8) is 0 Å². The Morgan fingerprint density at radius 2 is 2.21 bits per heavy atom. The van der Waals surface area contributed by atoms with Gasteiger partial charge in [0.1, 0.15) is 0 Å². The number of aliphatic carboxylic acids is 1. The molecule has 14 heavy (non-hydrogen) atoms. The van der Waals surface area contributed by atoms with Gasteiger partial charge in [0, 0.05) is 0 Å². The normalized spacial score (nSPS) is 33.3. The van der Waals surface area contributed by atoms with Crippen LogP contribution < -0.4 is 0 Å². The lowest BCUT2D eigenvalue weighted by atomic mass is 9.66. The summed E-state index contributed by atoms with van der Waals surface area (Å²) in [7, 11) is 0. The first-order chi connectivity index (χ1) is 6.46. The predicted molar refractivity (Wildman–Crippen MR) is 57.2 cm³/mol. The molecular weight excluding hydrogens is 176 g/mol. The lowest BCUT2D eigenvalue weighted by Crippen LogP contribution is -2.37. The molecule has 0 aromatic heterocycles. The summed E-state index contributed by atoms with van der Waals surface area (Å²) in [5.41, 5.74) is -0.411. The van der Waals surface area contributed by atoms with Crippen LogP contribution in [0, 0.1) is 17.3 Å². The standard InChI is InChI=1S/C12H22O2/c1-9(2)7-12(11(13)14)6-4-5-10(3)8-12/h9-10H,4-8H2,1-3H3,(H,13,14). The average molecular weight is 198 g/mol. The number of carboxylic acid groups (broad SMARTS) is 1. The monoisotopic (exact) mass is 198 g/mol. The van der Waals surface area contributed by atoms with Crippen LogP contribution in [0.2, 0.25) is 0 Å². The van der Waals surface area contributed by atoms with Gasteiger partial charge in [-0.05, 0) is 31.1 Å². The van der Waals surface area contributed by atoms with E-state index in [0.717, 1.165) is 25.7 Å². The van der Waals surface area contributed by atoms with Crippen molar-refractivity contribution < 1.29 is 9.90 Å². The topological polar surface area (TPSA) is 37.3 Å². The Labute approximate surface area is 86.7 Å². The van der Waals surface area contributed by atoms with E-state index in [0.29, 0.717) is 11.8 Å². The summed E-state index contributed by atoms with van der Waals surface area (Å²) in [5.74, 6) is 0.493. The van der Waals surface area contributed by atoms with Crippen molar-refractivity contribution in [2.75, 3.05) is 0 Å². The van der Waals surface area contributed by atoms with Gasteiger partial charge in [-0.2, -0.15) is 0 Å². The van der Waals surface area contributed by atoms with E-state index >= 15 is 0 Å². The number of hydrogen-bond donors (Lipinski definition) is 1. The van der Waals surface area contributed by atoms with E-state index < -0.39 is 11.4 Å². The molecule has 0 radical (unpaired) electrons. The van der Waals surface area contributed by atoms with Crippen LogP contribution in [0.5, 0.6) is 0 Å². The summed E-state index contributed by atoms with van der Waals surface area (Å²) in [6.07, 6.45) is 4.88. The third-order valence-corrected chi connectivity index (χ3v) is 3.34. The second-order valence-electron chi connectivity index (χ2n) is 5.38. The molecule has 0 aromatic carbocycles. The van der Waals surface area contributed by atoms with Crippen molar-refractivity contribution in [3.8, 4) is 0 Å². The summed E-state index contributed by atoms with van der Waals surface area (Å²) in [6.45, 7) is 6.41. The zero-order chi connectivity index (χ0) is 10.8. The first kappa shape index (κ1) is 11.5. The maximum atomic E-state index is 11.4. The van der Waals surface area contributed by atoms with Crippen LogP contribution in [0.15, 0.2) is 0 Å². The summed E-state index contributed by atoms with van der Waals surface area (Å²) >= 11 is 0. The largest absolute Gasteiger partial charge is 0.481 e. The molecule has 0 aliphatic heterocycles. The second kappa shape index (κ2) is 4.33.